The third-order valence-electron chi connectivity index (χ3n) is 2.67. The molecule has 0 spiro atoms. The van der Waals surface area contributed by atoms with Crippen LogP contribution in [0.15, 0.2) is 22.7 Å². The van der Waals surface area contributed by atoms with Crippen molar-refractivity contribution in [3.63, 3.8) is 0 Å². The standard InChI is InChI=1S/C12H15BrN2O2S/c1-17-8-2-3-9(13)10(6-8)15-12(16)11-7-18-5-4-14-11/h2-3,6,11,14H,4-5,7H2,1H3,(H,15,16). The number of hydrogen-bond donors (Lipinski definition) is 2. The van der Waals surface area contributed by atoms with Gasteiger partial charge in [-0.25, -0.2) is 0 Å². The molecule has 1 amide bonds. The molecule has 0 aliphatic carbocycles. The molecule has 0 radical (unpaired) electrons. The second kappa shape index (κ2) is 6.45. The van der Waals surface area contributed by atoms with Crippen molar-refractivity contribution in [3.05, 3.63) is 22.7 Å². The smallest absolute Gasteiger partial charge is 0.242 e. The average molecular weight is 331 g/mol. The fraction of sp³-hybridized carbons (Fsp3) is 0.417. The van der Waals surface area contributed by atoms with Crippen LogP contribution >= 0.6 is 27.7 Å². The predicted molar refractivity (Wildman–Crippen MR) is 78.4 cm³/mol. The molecule has 0 bridgehead atoms. The van der Waals surface area contributed by atoms with Gasteiger partial charge in [-0.15, -0.1) is 0 Å². The lowest BCUT2D eigenvalue weighted by molar-refractivity contribution is -0.117. The van der Waals surface area contributed by atoms with Crippen molar-refractivity contribution >= 4 is 39.3 Å². The molecule has 1 aliphatic rings. The molecule has 1 unspecified atom stereocenters. The second-order valence-electron chi connectivity index (χ2n) is 3.92. The van der Waals surface area contributed by atoms with Gasteiger partial charge in [0.25, 0.3) is 0 Å². The Morgan fingerprint density at radius 1 is 1.61 bits per heavy atom. The van der Waals surface area contributed by atoms with E-state index in [1.807, 2.05) is 12.1 Å². The number of ether oxygens (including phenoxy) is 1. The first kappa shape index (κ1) is 13.7. The molecule has 4 nitrogen and oxygen atoms in total. The van der Waals surface area contributed by atoms with Gasteiger partial charge in [-0.05, 0) is 28.1 Å². The van der Waals surface area contributed by atoms with Crippen LogP contribution < -0.4 is 15.4 Å². The molecule has 0 saturated carbocycles. The molecule has 1 heterocycles. The van der Waals surface area contributed by atoms with E-state index >= 15 is 0 Å². The summed E-state index contributed by atoms with van der Waals surface area (Å²) in [6.07, 6.45) is 0. The van der Waals surface area contributed by atoms with Crippen molar-refractivity contribution in [1.29, 1.82) is 0 Å². The summed E-state index contributed by atoms with van der Waals surface area (Å²) >= 11 is 5.21. The number of amides is 1. The second-order valence-corrected chi connectivity index (χ2v) is 5.92. The molecular weight excluding hydrogens is 316 g/mol. The maximum absolute atomic E-state index is 12.1. The summed E-state index contributed by atoms with van der Waals surface area (Å²) in [6.45, 7) is 0.877. The highest BCUT2D eigenvalue weighted by atomic mass is 79.9. The third-order valence-corrected chi connectivity index (χ3v) is 4.42. The Balaban J connectivity index is 2.05. The molecule has 2 N–H and O–H groups in total. The van der Waals surface area contributed by atoms with Crippen LogP contribution in [-0.4, -0.2) is 37.1 Å². The van der Waals surface area contributed by atoms with Crippen LogP contribution in [0.5, 0.6) is 5.75 Å². The minimum absolute atomic E-state index is 0.00356. The Hall–Kier alpha value is -0.720. The molecule has 18 heavy (non-hydrogen) atoms. The number of hydrogen-bond acceptors (Lipinski definition) is 4. The summed E-state index contributed by atoms with van der Waals surface area (Å²) in [5.41, 5.74) is 0.733. The van der Waals surface area contributed by atoms with E-state index in [4.69, 9.17) is 4.74 Å². The molecule has 1 aromatic carbocycles. The topological polar surface area (TPSA) is 50.4 Å². The zero-order valence-corrected chi connectivity index (χ0v) is 12.4. The first-order valence-electron chi connectivity index (χ1n) is 5.66. The molecule has 2 rings (SSSR count). The lowest BCUT2D eigenvalue weighted by Crippen LogP contribution is -2.46. The average Bonchev–Trinajstić information content (AvgIpc) is 2.42. The molecular formula is C12H15BrN2O2S. The minimum atomic E-state index is -0.123. The van der Waals surface area contributed by atoms with Gasteiger partial charge in [-0.1, -0.05) is 0 Å². The van der Waals surface area contributed by atoms with Crippen molar-refractivity contribution in [2.45, 2.75) is 6.04 Å². The zero-order chi connectivity index (χ0) is 13.0. The van der Waals surface area contributed by atoms with Gasteiger partial charge in [0.1, 0.15) is 5.75 Å². The summed E-state index contributed by atoms with van der Waals surface area (Å²) < 4.78 is 5.99. The van der Waals surface area contributed by atoms with Crippen LogP contribution in [0.25, 0.3) is 0 Å². The maximum atomic E-state index is 12.1. The monoisotopic (exact) mass is 330 g/mol. The number of rotatable bonds is 3. The van der Waals surface area contributed by atoms with Gasteiger partial charge in [0.2, 0.25) is 5.91 Å². The van der Waals surface area contributed by atoms with Gasteiger partial charge in [0.15, 0.2) is 0 Å². The van der Waals surface area contributed by atoms with E-state index in [2.05, 4.69) is 26.6 Å². The van der Waals surface area contributed by atoms with E-state index in [0.717, 1.165) is 34.0 Å². The maximum Gasteiger partial charge on any atom is 0.242 e. The van der Waals surface area contributed by atoms with Crippen molar-refractivity contribution in [2.24, 2.45) is 0 Å². The van der Waals surface area contributed by atoms with E-state index in [9.17, 15) is 4.79 Å². The van der Waals surface area contributed by atoms with Crippen molar-refractivity contribution in [2.75, 3.05) is 30.5 Å². The van der Waals surface area contributed by atoms with E-state index < -0.39 is 0 Å². The molecule has 0 aromatic heterocycles. The van der Waals surface area contributed by atoms with Crippen LogP contribution in [0.2, 0.25) is 0 Å². The number of nitrogens with one attached hydrogen (secondary N) is 2. The summed E-state index contributed by atoms with van der Waals surface area (Å²) in [6, 6.07) is 5.38. The molecule has 1 saturated heterocycles. The van der Waals surface area contributed by atoms with E-state index in [1.54, 1.807) is 24.9 Å². The Morgan fingerprint density at radius 2 is 2.44 bits per heavy atom. The predicted octanol–water partition coefficient (Wildman–Crippen LogP) is 2.10. The lowest BCUT2D eigenvalue weighted by Gasteiger charge is -2.22. The van der Waals surface area contributed by atoms with E-state index in [-0.39, 0.29) is 11.9 Å². The Labute approximate surface area is 119 Å². The Bertz CT molecular complexity index is 436. The van der Waals surface area contributed by atoms with Crippen molar-refractivity contribution < 1.29 is 9.53 Å². The van der Waals surface area contributed by atoms with Crippen molar-refractivity contribution in [3.8, 4) is 5.75 Å². The number of carbonyl (C=O) groups excluding carboxylic acids is 1. The van der Waals surface area contributed by atoms with Gasteiger partial charge in [-0.3, -0.25) is 4.79 Å². The van der Waals surface area contributed by atoms with Crippen LogP contribution in [-0.2, 0) is 4.79 Å². The highest BCUT2D eigenvalue weighted by Gasteiger charge is 2.21. The van der Waals surface area contributed by atoms with Gasteiger partial charge in [-0.2, -0.15) is 11.8 Å². The van der Waals surface area contributed by atoms with Crippen LogP contribution in [0.1, 0.15) is 0 Å². The van der Waals surface area contributed by atoms with Crippen LogP contribution in [0.3, 0.4) is 0 Å². The third kappa shape index (κ3) is 3.40. The Morgan fingerprint density at radius 3 is 3.11 bits per heavy atom. The summed E-state index contributed by atoms with van der Waals surface area (Å²) in [5, 5.41) is 6.12. The van der Waals surface area contributed by atoms with E-state index in [1.165, 1.54) is 0 Å². The summed E-state index contributed by atoms with van der Waals surface area (Å²) in [7, 11) is 1.61. The summed E-state index contributed by atoms with van der Waals surface area (Å²) in [5.74, 6) is 2.59. The molecule has 1 aliphatic heterocycles. The first-order chi connectivity index (χ1) is 8.70. The number of carbonyl (C=O) groups is 1. The highest BCUT2D eigenvalue weighted by molar-refractivity contribution is 9.10. The first-order valence-corrected chi connectivity index (χ1v) is 7.61. The fourth-order valence-electron chi connectivity index (χ4n) is 1.68. The molecule has 6 heteroatoms. The molecule has 98 valence electrons. The number of benzene rings is 1. The highest BCUT2D eigenvalue weighted by Crippen LogP contribution is 2.27. The quantitative estimate of drug-likeness (QED) is 0.891. The SMILES string of the molecule is COc1ccc(Br)c(NC(=O)C2CSCCN2)c1. The van der Waals surface area contributed by atoms with Gasteiger partial charge < -0.3 is 15.4 Å². The zero-order valence-electron chi connectivity index (χ0n) is 10.0. The summed E-state index contributed by atoms with van der Waals surface area (Å²) in [4.78, 5) is 12.1. The fourth-order valence-corrected chi connectivity index (χ4v) is 2.96. The number of halogens is 1. The molecule has 1 aromatic rings. The molecule has 1 fully saturated rings. The van der Waals surface area contributed by atoms with Crippen LogP contribution in [0.4, 0.5) is 5.69 Å². The van der Waals surface area contributed by atoms with Gasteiger partial charge in [0, 0.05) is 28.6 Å². The van der Waals surface area contributed by atoms with E-state index in [0.29, 0.717) is 0 Å². The molecule has 1 atom stereocenters. The number of thioether (sulfide) groups is 1. The number of anilines is 1. The number of methoxy groups -OCH3 is 1. The van der Waals surface area contributed by atoms with Crippen molar-refractivity contribution in [1.82, 2.24) is 5.32 Å². The Kier molecular flexibility index (Phi) is 4.91. The largest absolute Gasteiger partial charge is 0.497 e. The minimum Gasteiger partial charge on any atom is -0.497 e. The normalized spacial score (nSPS) is 19.3. The lowest BCUT2D eigenvalue weighted by atomic mass is 10.2. The van der Waals surface area contributed by atoms with Gasteiger partial charge in [0.05, 0.1) is 18.8 Å². The van der Waals surface area contributed by atoms with Crippen LogP contribution in [0, 0.1) is 0 Å². The van der Waals surface area contributed by atoms with Gasteiger partial charge >= 0.3 is 0 Å².